The molecule has 4 rings (SSSR count). The molecule has 0 bridgehead atoms. The van der Waals surface area contributed by atoms with Gasteiger partial charge in [0.1, 0.15) is 29.5 Å². The first-order valence-electron chi connectivity index (χ1n) is 7.70. The van der Waals surface area contributed by atoms with Crippen LogP contribution < -0.4 is 10.2 Å². The van der Waals surface area contributed by atoms with E-state index in [1.54, 1.807) is 6.07 Å². The molecule has 1 saturated heterocycles. The number of hydrogen-bond donors (Lipinski definition) is 1. The first-order chi connectivity index (χ1) is 10.7. The monoisotopic (exact) mass is 300 g/mol. The van der Waals surface area contributed by atoms with Gasteiger partial charge in [0.25, 0.3) is 0 Å². The van der Waals surface area contributed by atoms with Crippen molar-refractivity contribution in [2.75, 3.05) is 11.4 Å². The minimum absolute atomic E-state index is 0.0585. The van der Waals surface area contributed by atoms with Crippen LogP contribution in [0.25, 0.3) is 10.9 Å². The lowest BCUT2D eigenvalue weighted by atomic mass is 10.1. The maximum absolute atomic E-state index is 13.9. The van der Waals surface area contributed by atoms with Crippen LogP contribution in [0.3, 0.4) is 0 Å². The number of nitrogens with one attached hydrogen (secondary N) is 1. The molecule has 1 atom stereocenters. The Kier molecular flexibility index (Phi) is 3.17. The number of carbonyl (C=O) groups excluding carboxylic acids is 1. The van der Waals surface area contributed by atoms with Gasteiger partial charge in [-0.25, -0.2) is 14.4 Å². The number of amides is 1. The third kappa shape index (κ3) is 2.28. The zero-order chi connectivity index (χ0) is 15.1. The molecule has 5 nitrogen and oxygen atoms in total. The molecule has 0 radical (unpaired) electrons. The lowest BCUT2D eigenvalue weighted by Crippen LogP contribution is -2.44. The number of hydrogen-bond acceptors (Lipinski definition) is 4. The Morgan fingerprint density at radius 3 is 2.95 bits per heavy atom. The van der Waals surface area contributed by atoms with E-state index < -0.39 is 0 Å². The van der Waals surface area contributed by atoms with Crippen molar-refractivity contribution in [1.82, 2.24) is 15.3 Å². The third-order valence-electron chi connectivity index (χ3n) is 4.35. The lowest BCUT2D eigenvalue weighted by molar-refractivity contribution is -0.122. The van der Waals surface area contributed by atoms with Gasteiger partial charge in [0.2, 0.25) is 5.91 Å². The smallest absolute Gasteiger partial charge is 0.242 e. The Hall–Kier alpha value is -2.24. The van der Waals surface area contributed by atoms with Crippen LogP contribution >= 0.6 is 0 Å². The molecule has 1 aromatic heterocycles. The highest BCUT2D eigenvalue weighted by molar-refractivity contribution is 5.93. The van der Waals surface area contributed by atoms with Gasteiger partial charge in [-0.3, -0.25) is 4.79 Å². The second-order valence-corrected chi connectivity index (χ2v) is 5.97. The Balaban J connectivity index is 1.70. The summed E-state index contributed by atoms with van der Waals surface area (Å²) in [5, 5.41) is 3.72. The minimum Gasteiger partial charge on any atom is -0.352 e. The van der Waals surface area contributed by atoms with E-state index in [2.05, 4.69) is 15.3 Å². The van der Waals surface area contributed by atoms with Crippen LogP contribution in [0.4, 0.5) is 10.2 Å². The summed E-state index contributed by atoms with van der Waals surface area (Å²) >= 11 is 0. The second-order valence-electron chi connectivity index (χ2n) is 5.97. The Labute approximate surface area is 127 Å². The fourth-order valence-corrected chi connectivity index (χ4v) is 3.08. The summed E-state index contributed by atoms with van der Waals surface area (Å²) in [6.07, 6.45) is 5.25. The molecule has 1 aromatic carbocycles. The van der Waals surface area contributed by atoms with E-state index in [0.29, 0.717) is 22.8 Å². The Morgan fingerprint density at radius 1 is 1.27 bits per heavy atom. The predicted octanol–water partition coefficient (Wildman–Crippen LogP) is 2.02. The SMILES string of the molecule is O=C(NC1CC1)C1CCCN1c1ncnc2c(F)cccc12. The van der Waals surface area contributed by atoms with Gasteiger partial charge in [0.15, 0.2) is 0 Å². The molecule has 1 saturated carbocycles. The number of benzene rings is 1. The zero-order valence-electron chi connectivity index (χ0n) is 12.1. The van der Waals surface area contributed by atoms with Crippen molar-refractivity contribution < 1.29 is 9.18 Å². The van der Waals surface area contributed by atoms with Crippen molar-refractivity contribution in [3.63, 3.8) is 0 Å². The normalized spacial score (nSPS) is 21.3. The molecular weight excluding hydrogens is 283 g/mol. The zero-order valence-corrected chi connectivity index (χ0v) is 12.1. The number of aromatic nitrogens is 2. The molecule has 2 aromatic rings. The molecule has 2 heterocycles. The Morgan fingerprint density at radius 2 is 2.14 bits per heavy atom. The van der Waals surface area contributed by atoms with E-state index in [9.17, 15) is 9.18 Å². The standard InChI is InChI=1S/C16H17FN4O/c17-12-4-1-3-11-14(12)18-9-19-15(11)21-8-2-5-13(21)16(22)20-10-6-7-10/h1,3-4,9-10,13H,2,5-8H2,(H,20,22). The molecule has 1 N–H and O–H groups in total. The molecule has 1 aliphatic carbocycles. The van der Waals surface area contributed by atoms with Gasteiger partial charge in [-0.2, -0.15) is 0 Å². The van der Waals surface area contributed by atoms with E-state index >= 15 is 0 Å². The maximum Gasteiger partial charge on any atom is 0.242 e. The van der Waals surface area contributed by atoms with Crippen molar-refractivity contribution in [3.05, 3.63) is 30.3 Å². The number of nitrogens with zero attached hydrogens (tertiary/aromatic N) is 3. The molecule has 22 heavy (non-hydrogen) atoms. The summed E-state index contributed by atoms with van der Waals surface area (Å²) in [6, 6.07) is 4.97. The molecule has 2 fully saturated rings. The van der Waals surface area contributed by atoms with Gasteiger partial charge in [-0.05, 0) is 37.8 Å². The number of rotatable bonds is 3. The highest BCUT2D eigenvalue weighted by Gasteiger charge is 2.35. The summed E-state index contributed by atoms with van der Waals surface area (Å²) < 4.78 is 13.9. The van der Waals surface area contributed by atoms with E-state index in [-0.39, 0.29) is 17.8 Å². The van der Waals surface area contributed by atoms with E-state index in [4.69, 9.17) is 0 Å². The van der Waals surface area contributed by atoms with Crippen molar-refractivity contribution in [1.29, 1.82) is 0 Å². The van der Waals surface area contributed by atoms with E-state index in [1.165, 1.54) is 12.4 Å². The van der Waals surface area contributed by atoms with Crippen LogP contribution in [0.5, 0.6) is 0 Å². The number of halogens is 1. The highest BCUT2D eigenvalue weighted by atomic mass is 19.1. The second kappa shape index (κ2) is 5.19. The van der Waals surface area contributed by atoms with Crippen LogP contribution in [0, 0.1) is 5.82 Å². The summed E-state index contributed by atoms with van der Waals surface area (Å²) in [7, 11) is 0. The average Bonchev–Trinajstić information content (AvgIpc) is 3.20. The van der Waals surface area contributed by atoms with Gasteiger partial charge in [-0.1, -0.05) is 6.07 Å². The minimum atomic E-state index is -0.362. The van der Waals surface area contributed by atoms with Crippen LogP contribution in [0.15, 0.2) is 24.5 Å². The Bertz CT molecular complexity index is 731. The average molecular weight is 300 g/mol. The van der Waals surface area contributed by atoms with Crippen molar-refractivity contribution >= 4 is 22.6 Å². The fourth-order valence-electron chi connectivity index (χ4n) is 3.08. The van der Waals surface area contributed by atoms with Crippen LogP contribution in [-0.4, -0.2) is 34.5 Å². The third-order valence-corrected chi connectivity index (χ3v) is 4.35. The van der Waals surface area contributed by atoms with Gasteiger partial charge in [-0.15, -0.1) is 0 Å². The first-order valence-corrected chi connectivity index (χ1v) is 7.70. The molecule has 6 heteroatoms. The van der Waals surface area contributed by atoms with Crippen molar-refractivity contribution in [2.45, 2.75) is 37.8 Å². The summed E-state index contributed by atoms with van der Waals surface area (Å²) in [6.45, 7) is 0.755. The molecule has 2 aliphatic rings. The van der Waals surface area contributed by atoms with Crippen LogP contribution in [0.2, 0.25) is 0 Å². The largest absolute Gasteiger partial charge is 0.352 e. The van der Waals surface area contributed by atoms with E-state index in [0.717, 1.165) is 32.2 Å². The van der Waals surface area contributed by atoms with Crippen LogP contribution in [-0.2, 0) is 4.79 Å². The molecule has 0 spiro atoms. The highest BCUT2D eigenvalue weighted by Crippen LogP contribution is 2.31. The maximum atomic E-state index is 13.9. The molecule has 114 valence electrons. The van der Waals surface area contributed by atoms with Gasteiger partial charge in [0.05, 0.1) is 0 Å². The predicted molar refractivity (Wildman–Crippen MR) is 81.0 cm³/mol. The molecule has 1 aliphatic heterocycles. The first kappa shape index (κ1) is 13.4. The number of carbonyl (C=O) groups is 1. The molecule has 1 amide bonds. The van der Waals surface area contributed by atoms with Crippen LogP contribution in [0.1, 0.15) is 25.7 Å². The number of fused-ring (bicyclic) bond motifs is 1. The quantitative estimate of drug-likeness (QED) is 0.942. The number of para-hydroxylation sites is 1. The van der Waals surface area contributed by atoms with Crippen molar-refractivity contribution in [2.24, 2.45) is 0 Å². The van der Waals surface area contributed by atoms with E-state index in [1.807, 2.05) is 11.0 Å². The number of anilines is 1. The molecule has 1 unspecified atom stereocenters. The van der Waals surface area contributed by atoms with Crippen molar-refractivity contribution in [3.8, 4) is 0 Å². The fraction of sp³-hybridized carbons (Fsp3) is 0.438. The summed E-state index contributed by atoms with van der Waals surface area (Å²) in [5.41, 5.74) is 0.306. The topological polar surface area (TPSA) is 58.1 Å². The summed E-state index contributed by atoms with van der Waals surface area (Å²) in [5.74, 6) is 0.348. The molecular formula is C16H17FN4O. The summed E-state index contributed by atoms with van der Waals surface area (Å²) in [4.78, 5) is 22.8. The lowest BCUT2D eigenvalue weighted by Gasteiger charge is -2.25. The van der Waals surface area contributed by atoms with Gasteiger partial charge < -0.3 is 10.2 Å². The van der Waals surface area contributed by atoms with Gasteiger partial charge in [0, 0.05) is 18.0 Å². The van der Waals surface area contributed by atoms with Gasteiger partial charge >= 0.3 is 0 Å².